The van der Waals surface area contributed by atoms with Crippen LogP contribution in [0.2, 0.25) is 0 Å². The van der Waals surface area contributed by atoms with Crippen LogP contribution in [0.15, 0.2) is 29.1 Å². The summed E-state index contributed by atoms with van der Waals surface area (Å²) in [6, 6.07) is 3.94. The van der Waals surface area contributed by atoms with E-state index in [0.717, 1.165) is 11.1 Å². The Morgan fingerprint density at radius 2 is 2.31 bits per heavy atom. The monoisotopic (exact) mass is 235 g/mol. The molecule has 0 aromatic carbocycles. The Balaban J connectivity index is 2.44. The summed E-state index contributed by atoms with van der Waals surface area (Å²) in [4.78, 5) is 11.8. The van der Waals surface area contributed by atoms with E-state index in [-0.39, 0.29) is 5.97 Å². The van der Waals surface area contributed by atoms with E-state index in [4.69, 9.17) is 4.74 Å². The van der Waals surface area contributed by atoms with Gasteiger partial charge in [-0.05, 0) is 35.4 Å². The molecule has 0 atom stereocenters. The number of aromatic nitrogens is 1. The average molecular weight is 235 g/mol. The largest absolute Gasteiger partial charge is 0.461 e. The molecule has 2 heterocycles. The standard InChI is InChI=1S/C12H13NO2S/c1-3-15-12(14)11-10(4-6-13(11)2)9-5-7-16-8-9/h4-8H,3H2,1-2H3. The van der Waals surface area contributed by atoms with Gasteiger partial charge in [0.25, 0.3) is 0 Å². The molecule has 0 spiro atoms. The van der Waals surface area contributed by atoms with E-state index in [1.54, 1.807) is 15.9 Å². The first-order valence-electron chi connectivity index (χ1n) is 5.09. The van der Waals surface area contributed by atoms with E-state index in [9.17, 15) is 4.79 Å². The van der Waals surface area contributed by atoms with E-state index in [1.807, 2.05) is 43.1 Å². The van der Waals surface area contributed by atoms with Gasteiger partial charge in [-0.1, -0.05) is 0 Å². The minimum Gasteiger partial charge on any atom is -0.461 e. The fourth-order valence-electron chi connectivity index (χ4n) is 1.63. The molecule has 0 saturated heterocycles. The lowest BCUT2D eigenvalue weighted by atomic mass is 10.1. The molecule has 0 unspecified atom stereocenters. The number of hydrogen-bond acceptors (Lipinski definition) is 3. The van der Waals surface area contributed by atoms with Crippen LogP contribution in [0.5, 0.6) is 0 Å². The van der Waals surface area contributed by atoms with Crippen LogP contribution in [-0.4, -0.2) is 17.1 Å². The van der Waals surface area contributed by atoms with Crippen molar-refractivity contribution < 1.29 is 9.53 Å². The highest BCUT2D eigenvalue weighted by molar-refractivity contribution is 7.08. The van der Waals surface area contributed by atoms with Crippen molar-refractivity contribution in [2.45, 2.75) is 6.92 Å². The average Bonchev–Trinajstić information content (AvgIpc) is 2.86. The first kappa shape index (κ1) is 11.0. The Morgan fingerprint density at radius 1 is 1.50 bits per heavy atom. The van der Waals surface area contributed by atoms with Crippen LogP contribution in [0.4, 0.5) is 0 Å². The zero-order chi connectivity index (χ0) is 11.5. The SMILES string of the molecule is CCOC(=O)c1c(-c2ccsc2)ccn1C. The molecule has 0 radical (unpaired) electrons. The summed E-state index contributed by atoms with van der Waals surface area (Å²) in [5.41, 5.74) is 2.61. The van der Waals surface area contributed by atoms with Crippen molar-refractivity contribution >= 4 is 17.3 Å². The molecule has 3 nitrogen and oxygen atoms in total. The van der Waals surface area contributed by atoms with Crippen molar-refractivity contribution in [1.29, 1.82) is 0 Å². The van der Waals surface area contributed by atoms with Gasteiger partial charge in [0.05, 0.1) is 6.61 Å². The van der Waals surface area contributed by atoms with Crippen molar-refractivity contribution in [3.63, 3.8) is 0 Å². The molecule has 4 heteroatoms. The fourth-order valence-corrected chi connectivity index (χ4v) is 2.29. The van der Waals surface area contributed by atoms with Crippen LogP contribution >= 0.6 is 11.3 Å². The number of rotatable bonds is 3. The van der Waals surface area contributed by atoms with Gasteiger partial charge in [0.15, 0.2) is 0 Å². The third kappa shape index (κ3) is 1.88. The van der Waals surface area contributed by atoms with Crippen LogP contribution in [0.25, 0.3) is 11.1 Å². The number of thiophene rings is 1. The van der Waals surface area contributed by atoms with E-state index in [0.29, 0.717) is 12.3 Å². The number of esters is 1. The molecule has 2 aromatic rings. The molecule has 0 N–H and O–H groups in total. The van der Waals surface area contributed by atoms with Crippen molar-refractivity contribution in [1.82, 2.24) is 4.57 Å². The summed E-state index contributed by atoms with van der Waals surface area (Å²) >= 11 is 1.62. The van der Waals surface area contributed by atoms with E-state index < -0.39 is 0 Å². The molecule has 0 aliphatic rings. The molecule has 0 fully saturated rings. The second-order valence-corrected chi connectivity index (χ2v) is 4.20. The summed E-state index contributed by atoms with van der Waals surface area (Å²) in [6.45, 7) is 2.21. The Kier molecular flexibility index (Phi) is 3.10. The number of hydrogen-bond donors (Lipinski definition) is 0. The molecular weight excluding hydrogens is 222 g/mol. The second-order valence-electron chi connectivity index (χ2n) is 3.42. The quantitative estimate of drug-likeness (QED) is 0.766. The minimum absolute atomic E-state index is 0.267. The normalized spacial score (nSPS) is 10.4. The van der Waals surface area contributed by atoms with Crippen LogP contribution in [0.1, 0.15) is 17.4 Å². The van der Waals surface area contributed by atoms with E-state index in [1.165, 1.54) is 0 Å². The smallest absolute Gasteiger partial charge is 0.355 e. The zero-order valence-corrected chi connectivity index (χ0v) is 10.1. The number of carbonyl (C=O) groups excluding carboxylic acids is 1. The second kappa shape index (κ2) is 4.53. The maximum absolute atomic E-state index is 11.8. The van der Waals surface area contributed by atoms with E-state index in [2.05, 4.69) is 0 Å². The lowest BCUT2D eigenvalue weighted by molar-refractivity contribution is 0.0516. The van der Waals surface area contributed by atoms with E-state index >= 15 is 0 Å². The van der Waals surface area contributed by atoms with Gasteiger partial charge in [-0.25, -0.2) is 4.79 Å². The molecule has 0 amide bonds. The van der Waals surface area contributed by atoms with Gasteiger partial charge in [0, 0.05) is 18.8 Å². The lowest BCUT2D eigenvalue weighted by Crippen LogP contribution is -2.10. The summed E-state index contributed by atoms with van der Waals surface area (Å²) in [7, 11) is 1.85. The number of aryl methyl sites for hydroxylation is 1. The van der Waals surface area contributed by atoms with Gasteiger partial charge < -0.3 is 9.30 Å². The Hall–Kier alpha value is -1.55. The van der Waals surface area contributed by atoms with Crippen LogP contribution in [-0.2, 0) is 11.8 Å². The first-order chi connectivity index (χ1) is 7.74. The number of nitrogens with zero attached hydrogens (tertiary/aromatic N) is 1. The summed E-state index contributed by atoms with van der Waals surface area (Å²) in [5.74, 6) is -0.267. The van der Waals surface area contributed by atoms with Gasteiger partial charge in [0.2, 0.25) is 0 Å². The van der Waals surface area contributed by atoms with Crippen LogP contribution in [0.3, 0.4) is 0 Å². The van der Waals surface area contributed by atoms with Gasteiger partial charge in [0.1, 0.15) is 5.69 Å². The Bertz CT molecular complexity index is 485. The van der Waals surface area contributed by atoms with Crippen molar-refractivity contribution in [2.75, 3.05) is 6.61 Å². The Labute approximate surface area is 98.3 Å². The summed E-state index contributed by atoms with van der Waals surface area (Å²) in [6.07, 6.45) is 1.87. The highest BCUT2D eigenvalue weighted by atomic mass is 32.1. The predicted molar refractivity (Wildman–Crippen MR) is 64.7 cm³/mol. The van der Waals surface area contributed by atoms with Gasteiger partial charge >= 0.3 is 5.97 Å². The number of carbonyl (C=O) groups is 1. The Morgan fingerprint density at radius 3 is 2.94 bits per heavy atom. The molecule has 0 bridgehead atoms. The molecular formula is C12H13NO2S. The molecule has 0 aliphatic carbocycles. The first-order valence-corrected chi connectivity index (χ1v) is 6.03. The van der Waals surface area contributed by atoms with Gasteiger partial charge in [-0.3, -0.25) is 0 Å². The highest BCUT2D eigenvalue weighted by Crippen LogP contribution is 2.27. The zero-order valence-electron chi connectivity index (χ0n) is 9.27. The summed E-state index contributed by atoms with van der Waals surface area (Å²) in [5, 5.41) is 4.02. The van der Waals surface area contributed by atoms with Crippen molar-refractivity contribution in [3.8, 4) is 11.1 Å². The molecule has 2 rings (SSSR count). The minimum atomic E-state index is -0.267. The number of ether oxygens (including phenoxy) is 1. The maximum Gasteiger partial charge on any atom is 0.355 e. The molecule has 2 aromatic heterocycles. The van der Waals surface area contributed by atoms with Crippen molar-refractivity contribution in [3.05, 3.63) is 34.8 Å². The van der Waals surface area contributed by atoms with Crippen LogP contribution in [0, 0.1) is 0 Å². The molecule has 0 saturated carbocycles. The third-order valence-electron chi connectivity index (χ3n) is 2.37. The molecule has 84 valence electrons. The highest BCUT2D eigenvalue weighted by Gasteiger charge is 2.17. The topological polar surface area (TPSA) is 31.2 Å². The molecule has 16 heavy (non-hydrogen) atoms. The van der Waals surface area contributed by atoms with Gasteiger partial charge in [-0.15, -0.1) is 0 Å². The van der Waals surface area contributed by atoms with Crippen LogP contribution < -0.4 is 0 Å². The predicted octanol–water partition coefficient (Wildman–Crippen LogP) is 2.93. The third-order valence-corrected chi connectivity index (χ3v) is 3.06. The van der Waals surface area contributed by atoms with Gasteiger partial charge in [-0.2, -0.15) is 11.3 Å². The fraction of sp³-hybridized carbons (Fsp3) is 0.250. The lowest BCUT2D eigenvalue weighted by Gasteiger charge is -2.05. The maximum atomic E-state index is 11.8. The van der Waals surface area contributed by atoms with Crippen molar-refractivity contribution in [2.24, 2.45) is 7.05 Å². The summed E-state index contributed by atoms with van der Waals surface area (Å²) < 4.78 is 6.85. The molecule has 0 aliphatic heterocycles.